The van der Waals surface area contributed by atoms with Crippen molar-refractivity contribution in [2.24, 2.45) is 5.92 Å². The molecule has 0 aromatic carbocycles. The summed E-state index contributed by atoms with van der Waals surface area (Å²) < 4.78 is 4.92. The van der Waals surface area contributed by atoms with Crippen LogP contribution in [0.5, 0.6) is 0 Å². The van der Waals surface area contributed by atoms with E-state index in [1.165, 1.54) is 12.8 Å². The second kappa shape index (κ2) is 7.09. The molecule has 1 aliphatic rings. The second-order valence-electron chi connectivity index (χ2n) is 4.75. The van der Waals surface area contributed by atoms with E-state index >= 15 is 0 Å². The molecule has 0 radical (unpaired) electrons. The molecule has 1 atom stereocenters. The van der Waals surface area contributed by atoms with Crippen LogP contribution in [0.25, 0.3) is 0 Å². The van der Waals surface area contributed by atoms with Gasteiger partial charge in [-0.15, -0.1) is 0 Å². The van der Waals surface area contributed by atoms with Crippen molar-refractivity contribution in [2.45, 2.75) is 19.8 Å². The number of nitrogens with zero attached hydrogens (tertiary/aromatic N) is 1. The molecule has 1 fully saturated rings. The van der Waals surface area contributed by atoms with Gasteiger partial charge in [0.1, 0.15) is 5.82 Å². The van der Waals surface area contributed by atoms with Crippen LogP contribution in [0.3, 0.4) is 0 Å². The summed E-state index contributed by atoms with van der Waals surface area (Å²) in [5.74, 6) is 1.14. The minimum atomic E-state index is -0.321. The number of rotatable bonds is 5. The normalized spacial score (nSPS) is 18.9. The zero-order valence-electron chi connectivity index (χ0n) is 11.3. The van der Waals surface area contributed by atoms with Gasteiger partial charge in [0, 0.05) is 12.7 Å². The first kappa shape index (κ1) is 13.8. The van der Waals surface area contributed by atoms with Crippen molar-refractivity contribution in [3.63, 3.8) is 0 Å². The lowest BCUT2D eigenvalue weighted by molar-refractivity contribution is 0.0526. The molecule has 0 saturated carbocycles. The standard InChI is InChI=1S/C14H21N3O2/c1-2-19-14(18)12-5-6-13(17-10-12)16-9-11-4-3-7-15-8-11/h5-6,10-11,15H,2-4,7-9H2,1H3,(H,16,17). The Bertz CT molecular complexity index is 400. The largest absolute Gasteiger partial charge is 0.462 e. The van der Waals surface area contributed by atoms with Gasteiger partial charge in [0.15, 0.2) is 0 Å². The van der Waals surface area contributed by atoms with E-state index in [2.05, 4.69) is 15.6 Å². The topological polar surface area (TPSA) is 63.2 Å². The molecule has 1 saturated heterocycles. The lowest BCUT2D eigenvalue weighted by atomic mass is 10.00. The summed E-state index contributed by atoms with van der Waals surface area (Å²) in [6.07, 6.45) is 4.04. The van der Waals surface area contributed by atoms with Crippen LogP contribution < -0.4 is 10.6 Å². The summed E-state index contributed by atoms with van der Waals surface area (Å²) in [4.78, 5) is 15.7. The average molecular weight is 263 g/mol. The highest BCUT2D eigenvalue weighted by atomic mass is 16.5. The van der Waals surface area contributed by atoms with Gasteiger partial charge in [0.25, 0.3) is 0 Å². The number of hydrogen-bond donors (Lipinski definition) is 2. The summed E-state index contributed by atoms with van der Waals surface area (Å²) in [5.41, 5.74) is 0.492. The van der Waals surface area contributed by atoms with Crippen LogP contribution in [0.4, 0.5) is 5.82 Å². The number of carbonyl (C=O) groups is 1. The highest BCUT2D eigenvalue weighted by molar-refractivity contribution is 5.89. The number of ether oxygens (including phenoxy) is 1. The Balaban J connectivity index is 1.82. The molecule has 2 N–H and O–H groups in total. The van der Waals surface area contributed by atoms with E-state index in [-0.39, 0.29) is 5.97 Å². The molecule has 1 unspecified atom stereocenters. The van der Waals surface area contributed by atoms with Crippen molar-refractivity contribution in [3.05, 3.63) is 23.9 Å². The van der Waals surface area contributed by atoms with Crippen LogP contribution in [0, 0.1) is 5.92 Å². The fourth-order valence-corrected chi connectivity index (χ4v) is 2.18. The molecule has 1 aromatic rings. The number of nitrogens with one attached hydrogen (secondary N) is 2. The van der Waals surface area contributed by atoms with E-state index < -0.39 is 0 Å². The molecule has 2 heterocycles. The van der Waals surface area contributed by atoms with Gasteiger partial charge in [-0.05, 0) is 50.9 Å². The zero-order valence-corrected chi connectivity index (χ0v) is 11.3. The molecule has 1 aliphatic heterocycles. The van der Waals surface area contributed by atoms with Crippen LogP contribution in [0.2, 0.25) is 0 Å². The van der Waals surface area contributed by atoms with E-state index in [1.807, 2.05) is 6.07 Å². The van der Waals surface area contributed by atoms with Crippen molar-refractivity contribution in [3.8, 4) is 0 Å². The van der Waals surface area contributed by atoms with Gasteiger partial charge in [-0.2, -0.15) is 0 Å². The summed E-state index contributed by atoms with van der Waals surface area (Å²) in [5, 5.41) is 6.70. The lowest BCUT2D eigenvalue weighted by Crippen LogP contribution is -2.33. The number of aromatic nitrogens is 1. The van der Waals surface area contributed by atoms with Gasteiger partial charge in [-0.25, -0.2) is 9.78 Å². The molecule has 0 aliphatic carbocycles. The first-order chi connectivity index (χ1) is 9.29. The summed E-state index contributed by atoms with van der Waals surface area (Å²) >= 11 is 0. The second-order valence-corrected chi connectivity index (χ2v) is 4.75. The van der Waals surface area contributed by atoms with E-state index in [0.717, 1.165) is 25.5 Å². The maximum absolute atomic E-state index is 11.5. The van der Waals surface area contributed by atoms with Crippen molar-refractivity contribution in [1.29, 1.82) is 0 Å². The van der Waals surface area contributed by atoms with Gasteiger partial charge >= 0.3 is 5.97 Å². The molecule has 5 nitrogen and oxygen atoms in total. The molecule has 5 heteroatoms. The third-order valence-electron chi connectivity index (χ3n) is 3.25. The third kappa shape index (κ3) is 4.21. The quantitative estimate of drug-likeness (QED) is 0.791. The van der Waals surface area contributed by atoms with Gasteiger partial charge in [0.2, 0.25) is 0 Å². The Morgan fingerprint density at radius 1 is 1.58 bits per heavy atom. The number of hydrogen-bond acceptors (Lipinski definition) is 5. The monoisotopic (exact) mass is 263 g/mol. The van der Waals surface area contributed by atoms with Crippen molar-refractivity contribution < 1.29 is 9.53 Å². The third-order valence-corrected chi connectivity index (χ3v) is 3.25. The summed E-state index contributed by atoms with van der Waals surface area (Å²) in [6.45, 7) is 5.28. The van der Waals surface area contributed by atoms with Gasteiger partial charge in [-0.1, -0.05) is 0 Å². The van der Waals surface area contributed by atoms with E-state index in [9.17, 15) is 4.79 Å². The molecule has 19 heavy (non-hydrogen) atoms. The first-order valence-electron chi connectivity index (χ1n) is 6.87. The number of carbonyl (C=O) groups excluding carboxylic acids is 1. The predicted octanol–water partition coefficient (Wildman–Crippen LogP) is 1.67. The smallest absolute Gasteiger partial charge is 0.339 e. The minimum absolute atomic E-state index is 0.321. The molecule has 1 aromatic heterocycles. The molecule has 0 bridgehead atoms. The fourth-order valence-electron chi connectivity index (χ4n) is 2.18. The average Bonchev–Trinajstić information content (AvgIpc) is 2.47. The van der Waals surface area contributed by atoms with Gasteiger partial charge < -0.3 is 15.4 Å². The van der Waals surface area contributed by atoms with Crippen molar-refractivity contribution >= 4 is 11.8 Å². The summed E-state index contributed by atoms with van der Waals surface area (Å²) in [7, 11) is 0. The number of pyridine rings is 1. The van der Waals surface area contributed by atoms with Crippen LogP contribution in [0.15, 0.2) is 18.3 Å². The molecule has 2 rings (SSSR count). The molecule has 104 valence electrons. The van der Waals surface area contributed by atoms with Crippen LogP contribution in [0.1, 0.15) is 30.1 Å². The highest BCUT2D eigenvalue weighted by Crippen LogP contribution is 2.12. The molecular formula is C14H21N3O2. The van der Waals surface area contributed by atoms with Crippen molar-refractivity contribution in [2.75, 3.05) is 31.6 Å². The number of piperidine rings is 1. The Hall–Kier alpha value is -1.62. The number of anilines is 1. The van der Waals surface area contributed by atoms with Gasteiger partial charge in [0.05, 0.1) is 12.2 Å². The number of esters is 1. The summed E-state index contributed by atoms with van der Waals surface area (Å²) in [6, 6.07) is 3.56. The van der Waals surface area contributed by atoms with Crippen LogP contribution in [-0.2, 0) is 4.74 Å². The first-order valence-corrected chi connectivity index (χ1v) is 6.87. The Morgan fingerprint density at radius 2 is 2.47 bits per heavy atom. The maximum Gasteiger partial charge on any atom is 0.339 e. The maximum atomic E-state index is 11.5. The molecular weight excluding hydrogens is 242 g/mol. The fraction of sp³-hybridized carbons (Fsp3) is 0.571. The predicted molar refractivity (Wildman–Crippen MR) is 74.3 cm³/mol. The van der Waals surface area contributed by atoms with Gasteiger partial charge in [-0.3, -0.25) is 0 Å². The van der Waals surface area contributed by atoms with E-state index in [4.69, 9.17) is 4.74 Å². The molecule has 0 amide bonds. The Kier molecular flexibility index (Phi) is 5.15. The van der Waals surface area contributed by atoms with E-state index in [0.29, 0.717) is 18.1 Å². The lowest BCUT2D eigenvalue weighted by Gasteiger charge is -2.23. The minimum Gasteiger partial charge on any atom is -0.462 e. The van der Waals surface area contributed by atoms with Crippen LogP contribution >= 0.6 is 0 Å². The van der Waals surface area contributed by atoms with Crippen LogP contribution in [-0.4, -0.2) is 37.2 Å². The molecule has 0 spiro atoms. The zero-order chi connectivity index (χ0) is 13.5. The van der Waals surface area contributed by atoms with E-state index in [1.54, 1.807) is 19.2 Å². The Labute approximate surface area is 113 Å². The highest BCUT2D eigenvalue weighted by Gasteiger charge is 2.12. The SMILES string of the molecule is CCOC(=O)c1ccc(NCC2CCCNC2)nc1. The van der Waals surface area contributed by atoms with Crippen molar-refractivity contribution in [1.82, 2.24) is 10.3 Å². The Morgan fingerprint density at radius 3 is 3.11 bits per heavy atom.